The first-order valence-electron chi connectivity index (χ1n) is 0.805. The topological polar surface area (TPSA) is 26.0 Å². The van der Waals surface area contributed by atoms with Crippen molar-refractivity contribution in [1.29, 1.82) is 0 Å². The van der Waals surface area contributed by atoms with E-state index in [0.29, 0.717) is 0 Å². The fourth-order valence-electron chi connectivity index (χ4n) is 0. The van der Waals surface area contributed by atoms with E-state index in [2.05, 4.69) is 0 Å². The summed E-state index contributed by atoms with van der Waals surface area (Å²) in [6, 6.07) is 0. The van der Waals surface area contributed by atoms with Crippen molar-refractivity contribution in [2.24, 2.45) is 5.14 Å². The van der Waals surface area contributed by atoms with Crippen molar-refractivity contribution in [1.82, 2.24) is 0 Å². The monoisotopic (exact) mass is 70.0 g/mol. The van der Waals surface area contributed by atoms with Gasteiger partial charge in [0.15, 0.2) is 6.45 Å². The summed E-state index contributed by atoms with van der Waals surface area (Å²) in [7, 11) is 4.74. The van der Waals surface area contributed by atoms with Gasteiger partial charge in [-0.15, -0.1) is 0 Å². The lowest BCUT2D eigenvalue weighted by Gasteiger charge is -1.68. The summed E-state index contributed by atoms with van der Waals surface area (Å²) in [6.07, 6.45) is 1.32. The van der Waals surface area contributed by atoms with Gasteiger partial charge in [0.25, 0.3) is 0 Å². The molecule has 0 spiro atoms. The first kappa shape index (κ1) is 4.44. The van der Waals surface area contributed by atoms with Crippen molar-refractivity contribution < 1.29 is 0 Å². The summed E-state index contributed by atoms with van der Waals surface area (Å²) >= 11 is 1.01. The van der Waals surface area contributed by atoms with Gasteiger partial charge >= 0.3 is 0 Å². The van der Waals surface area contributed by atoms with E-state index in [1.807, 2.05) is 0 Å². The van der Waals surface area contributed by atoms with E-state index in [0.717, 1.165) is 11.8 Å². The second kappa shape index (κ2) is 3.44. The maximum atomic E-state index is 4.76. The van der Waals surface area contributed by atoms with Gasteiger partial charge in [-0.05, 0) is 0 Å². The Bertz CT molecular complexity index is 8.00. The van der Waals surface area contributed by atoms with Crippen molar-refractivity contribution in [3.8, 4) is 0 Å². The molecule has 0 fully saturated rings. The molecule has 0 aromatic heterocycles. The maximum absolute atomic E-state index is 4.76. The van der Waals surface area contributed by atoms with Crippen molar-refractivity contribution >= 4 is 26.0 Å². The third-order valence-electron chi connectivity index (χ3n) is 0.0786. The van der Waals surface area contributed by atoms with Crippen LogP contribution in [0.5, 0.6) is 0 Å². The standard InChI is InChI=1S/B2H2NS/c1-2-4-3/h3H2. The minimum absolute atomic E-state index is 1.01. The van der Waals surface area contributed by atoms with Crippen LogP contribution in [0.3, 0.4) is 0 Å². The van der Waals surface area contributed by atoms with Gasteiger partial charge in [-0.25, -0.2) is 0 Å². The summed E-state index contributed by atoms with van der Waals surface area (Å²) in [6.45, 7) is 0. The predicted octanol–water partition coefficient (Wildman–Crippen LogP) is -0.704. The van der Waals surface area contributed by atoms with E-state index in [-0.39, 0.29) is 0 Å². The lowest BCUT2D eigenvalue weighted by atomic mass is 9.79. The zero-order valence-electron chi connectivity index (χ0n) is 2.14. The summed E-state index contributed by atoms with van der Waals surface area (Å²) < 4.78 is 0. The lowest BCUT2D eigenvalue weighted by molar-refractivity contribution is 2.07. The molecule has 0 aromatic rings. The number of hydrogen-bond acceptors (Lipinski definition) is 2. The fourth-order valence-corrected chi connectivity index (χ4v) is 0. The van der Waals surface area contributed by atoms with Gasteiger partial charge in [0, 0.05) is 7.74 Å². The smallest absolute Gasteiger partial charge is 0.155 e. The summed E-state index contributed by atoms with van der Waals surface area (Å²) in [4.78, 5) is 0. The van der Waals surface area contributed by atoms with Gasteiger partial charge in [-0.3, -0.25) is 5.14 Å². The highest BCUT2D eigenvalue weighted by Crippen LogP contribution is 1.66. The molecule has 19 valence electrons. The zero-order valence-corrected chi connectivity index (χ0v) is 2.96. The van der Waals surface area contributed by atoms with E-state index in [9.17, 15) is 0 Å². The molecule has 0 amide bonds. The third kappa shape index (κ3) is 2.44. The van der Waals surface area contributed by atoms with Crippen LogP contribution in [-0.2, 0) is 0 Å². The molecule has 0 aliphatic carbocycles. The molecule has 0 aromatic carbocycles. The summed E-state index contributed by atoms with van der Waals surface area (Å²) in [5.41, 5.74) is 0. The summed E-state index contributed by atoms with van der Waals surface area (Å²) in [5.74, 6) is 0. The Labute approximate surface area is 32.0 Å². The molecule has 0 saturated carbocycles. The Morgan fingerprint density at radius 3 is 2.25 bits per heavy atom. The molecule has 4 heteroatoms. The van der Waals surface area contributed by atoms with Crippen LogP contribution in [0, 0.1) is 0 Å². The van der Waals surface area contributed by atoms with Crippen LogP contribution in [0.2, 0.25) is 0 Å². The van der Waals surface area contributed by atoms with Crippen molar-refractivity contribution in [3.05, 3.63) is 0 Å². The minimum atomic E-state index is 1.01. The molecule has 0 unspecified atom stereocenters. The van der Waals surface area contributed by atoms with Crippen LogP contribution in [0.25, 0.3) is 0 Å². The first-order valence-corrected chi connectivity index (χ1v) is 1.75. The molecular formula is H2B2NS. The van der Waals surface area contributed by atoms with E-state index >= 15 is 0 Å². The molecule has 0 bridgehead atoms. The van der Waals surface area contributed by atoms with E-state index in [1.54, 1.807) is 0 Å². The predicted molar refractivity (Wildman–Crippen MR) is 23.3 cm³/mol. The van der Waals surface area contributed by atoms with Crippen LogP contribution in [-0.4, -0.2) is 14.2 Å². The van der Waals surface area contributed by atoms with Crippen LogP contribution in [0.4, 0.5) is 0 Å². The normalized spacial score (nSPS) is 6.25. The Balaban J connectivity index is 1.97. The highest BCUT2D eigenvalue weighted by molar-refractivity contribution is 8.24. The Hall–Kier alpha value is 0.440. The van der Waals surface area contributed by atoms with Crippen molar-refractivity contribution in [3.63, 3.8) is 0 Å². The SMILES string of the molecule is [B][B]SN. The molecule has 3 radical (unpaired) electrons. The summed E-state index contributed by atoms with van der Waals surface area (Å²) in [5, 5.41) is 4.76. The van der Waals surface area contributed by atoms with Crippen LogP contribution in [0.1, 0.15) is 0 Å². The quantitative estimate of drug-likeness (QED) is 0.326. The van der Waals surface area contributed by atoms with Gasteiger partial charge in [0.1, 0.15) is 0 Å². The molecule has 0 aliphatic heterocycles. The average Bonchev–Trinajstić information content (AvgIpc) is 1.37. The molecule has 1 nitrogen and oxygen atoms in total. The molecule has 0 heterocycles. The highest BCUT2D eigenvalue weighted by atomic mass is 32.2. The first-order chi connectivity index (χ1) is 1.91. The van der Waals surface area contributed by atoms with E-state index in [4.69, 9.17) is 12.9 Å². The number of nitrogens with two attached hydrogens (primary N) is 1. The Kier molecular flexibility index (Phi) is 3.82. The number of rotatable bonds is 1. The average molecular weight is 69.7 g/mol. The molecule has 0 aliphatic rings. The van der Waals surface area contributed by atoms with Crippen molar-refractivity contribution in [2.75, 3.05) is 0 Å². The van der Waals surface area contributed by atoms with Gasteiger partial charge in [0.2, 0.25) is 0 Å². The van der Waals surface area contributed by atoms with Gasteiger partial charge in [0.05, 0.1) is 0 Å². The third-order valence-corrected chi connectivity index (χ3v) is 0.236. The van der Waals surface area contributed by atoms with E-state index < -0.39 is 0 Å². The Morgan fingerprint density at radius 1 is 2.00 bits per heavy atom. The molecule has 0 atom stereocenters. The zero-order chi connectivity index (χ0) is 3.41. The van der Waals surface area contributed by atoms with Crippen LogP contribution < -0.4 is 5.14 Å². The molecule has 4 heavy (non-hydrogen) atoms. The van der Waals surface area contributed by atoms with Gasteiger partial charge in [-0.2, -0.15) is 11.8 Å². The fraction of sp³-hybridized carbons (Fsp3) is 0. The molecule has 0 saturated heterocycles. The highest BCUT2D eigenvalue weighted by Gasteiger charge is 1.60. The molecule has 0 rings (SSSR count). The second-order valence-corrected chi connectivity index (χ2v) is 0.816. The molecular weight excluding hydrogens is 67.7 g/mol. The second-order valence-electron chi connectivity index (χ2n) is 0.272. The lowest BCUT2D eigenvalue weighted by Crippen LogP contribution is -1.84. The number of hydrogen-bond donors (Lipinski definition) is 1. The largest absolute Gasteiger partial charge is 0.289 e. The van der Waals surface area contributed by atoms with E-state index in [1.165, 1.54) is 6.45 Å². The van der Waals surface area contributed by atoms with Crippen molar-refractivity contribution in [2.45, 2.75) is 0 Å². The Morgan fingerprint density at radius 2 is 2.25 bits per heavy atom. The van der Waals surface area contributed by atoms with Crippen LogP contribution >= 0.6 is 11.8 Å². The van der Waals surface area contributed by atoms with Gasteiger partial charge < -0.3 is 0 Å². The molecule has 2 N–H and O–H groups in total. The maximum Gasteiger partial charge on any atom is 0.155 e. The van der Waals surface area contributed by atoms with Crippen LogP contribution in [0.15, 0.2) is 0 Å². The minimum Gasteiger partial charge on any atom is -0.289 e. The van der Waals surface area contributed by atoms with Gasteiger partial charge in [-0.1, -0.05) is 0 Å².